The summed E-state index contributed by atoms with van der Waals surface area (Å²) in [6.07, 6.45) is 1.13. The Balaban J connectivity index is 1.61. The van der Waals surface area contributed by atoms with Gasteiger partial charge in [-0.05, 0) is 38.3 Å². The molecule has 3 rings (SSSR count). The quantitative estimate of drug-likeness (QED) is 0.834. The summed E-state index contributed by atoms with van der Waals surface area (Å²) in [5.41, 5.74) is -0.617. The molecule has 6 nitrogen and oxygen atoms in total. The first-order valence-electron chi connectivity index (χ1n) is 9.49. The van der Waals surface area contributed by atoms with E-state index >= 15 is 0 Å². The highest BCUT2D eigenvalue weighted by Gasteiger charge is 2.38. The molecule has 1 aromatic rings. The molecule has 27 heavy (non-hydrogen) atoms. The molecule has 1 aromatic heterocycles. The lowest BCUT2D eigenvalue weighted by Crippen LogP contribution is -2.48. The Kier molecular flexibility index (Phi) is 5.67. The van der Waals surface area contributed by atoms with Crippen molar-refractivity contribution in [2.45, 2.75) is 50.6 Å². The van der Waals surface area contributed by atoms with Gasteiger partial charge in [-0.2, -0.15) is 0 Å². The van der Waals surface area contributed by atoms with Crippen molar-refractivity contribution in [3.8, 4) is 0 Å². The van der Waals surface area contributed by atoms with Crippen LogP contribution < -0.4 is 5.56 Å². The zero-order valence-corrected chi connectivity index (χ0v) is 15.6. The first-order valence-corrected chi connectivity index (χ1v) is 9.49. The summed E-state index contributed by atoms with van der Waals surface area (Å²) in [5, 5.41) is 11.0. The molecule has 1 amide bonds. The van der Waals surface area contributed by atoms with Gasteiger partial charge in [0.25, 0.3) is 17.4 Å². The van der Waals surface area contributed by atoms with Gasteiger partial charge in [-0.15, -0.1) is 0 Å². The fourth-order valence-corrected chi connectivity index (χ4v) is 3.91. The number of likely N-dealkylation sites (tertiary alicyclic amines) is 2. The number of H-pyrrole nitrogens is 1. The number of nitrogens with zero attached hydrogens (tertiary/aromatic N) is 2. The molecule has 2 fully saturated rings. The summed E-state index contributed by atoms with van der Waals surface area (Å²) in [6.45, 7) is 3.45. The number of nitrogens with one attached hydrogen (secondary N) is 1. The molecule has 3 heterocycles. The first-order chi connectivity index (χ1) is 12.7. The predicted octanol–water partition coefficient (Wildman–Crippen LogP) is 1.77. The van der Waals surface area contributed by atoms with Crippen molar-refractivity contribution in [3.63, 3.8) is 0 Å². The lowest BCUT2D eigenvalue weighted by atomic mass is 9.93. The number of aromatic nitrogens is 1. The van der Waals surface area contributed by atoms with Gasteiger partial charge in [-0.25, -0.2) is 8.78 Å². The van der Waals surface area contributed by atoms with Gasteiger partial charge < -0.3 is 19.9 Å². The third kappa shape index (κ3) is 4.93. The maximum atomic E-state index is 13.3. The Bertz CT molecular complexity index is 742. The molecule has 0 aromatic carbocycles. The highest BCUT2D eigenvalue weighted by Crippen LogP contribution is 2.30. The Labute approximate surface area is 157 Å². The number of pyridine rings is 1. The fourth-order valence-electron chi connectivity index (χ4n) is 3.91. The number of hydrogen-bond donors (Lipinski definition) is 2. The van der Waals surface area contributed by atoms with Gasteiger partial charge in [0.05, 0.1) is 5.60 Å². The minimum atomic E-state index is -2.60. The SMILES string of the molecule is Cc1ccc(C(=O)N2CCCC(O)(CN3CCC(F)(F)CC3)CC2)c(=O)[nH]1. The highest BCUT2D eigenvalue weighted by atomic mass is 19.3. The molecule has 0 spiro atoms. The summed E-state index contributed by atoms with van der Waals surface area (Å²) in [4.78, 5) is 30.8. The highest BCUT2D eigenvalue weighted by molar-refractivity contribution is 5.93. The third-order valence-corrected chi connectivity index (χ3v) is 5.60. The van der Waals surface area contributed by atoms with Gasteiger partial charge >= 0.3 is 0 Å². The number of carbonyl (C=O) groups excluding carboxylic acids is 1. The van der Waals surface area contributed by atoms with E-state index in [1.165, 1.54) is 6.07 Å². The molecule has 2 N–H and O–H groups in total. The lowest BCUT2D eigenvalue weighted by molar-refractivity contribution is -0.0768. The van der Waals surface area contributed by atoms with Gasteiger partial charge in [0.15, 0.2) is 0 Å². The predicted molar refractivity (Wildman–Crippen MR) is 97.1 cm³/mol. The zero-order valence-electron chi connectivity index (χ0n) is 15.6. The number of alkyl halides is 2. The minimum absolute atomic E-state index is 0.101. The summed E-state index contributed by atoms with van der Waals surface area (Å²) < 4.78 is 26.6. The van der Waals surface area contributed by atoms with E-state index in [1.807, 2.05) is 4.90 Å². The van der Waals surface area contributed by atoms with E-state index in [2.05, 4.69) is 4.98 Å². The monoisotopic (exact) mass is 383 g/mol. The van der Waals surface area contributed by atoms with Gasteiger partial charge in [0.1, 0.15) is 5.56 Å². The van der Waals surface area contributed by atoms with Crippen molar-refractivity contribution in [1.82, 2.24) is 14.8 Å². The van der Waals surface area contributed by atoms with Crippen molar-refractivity contribution in [2.24, 2.45) is 0 Å². The van der Waals surface area contributed by atoms with Crippen LogP contribution in [0.15, 0.2) is 16.9 Å². The van der Waals surface area contributed by atoms with Crippen LogP contribution in [0.3, 0.4) is 0 Å². The molecule has 0 bridgehead atoms. The molecule has 0 saturated carbocycles. The number of β-amino-alcohol motifs (C(OH)–C–C–N with tert-alkyl or cyclic N) is 1. The number of hydrogen-bond acceptors (Lipinski definition) is 4. The second-order valence-electron chi connectivity index (χ2n) is 7.89. The first kappa shape index (κ1) is 19.9. The maximum Gasteiger partial charge on any atom is 0.260 e. The molecular formula is C19H27F2N3O3. The van der Waals surface area contributed by atoms with Crippen LogP contribution >= 0.6 is 0 Å². The van der Waals surface area contributed by atoms with E-state index < -0.39 is 17.1 Å². The molecule has 2 saturated heterocycles. The number of piperidine rings is 1. The Morgan fingerprint density at radius 2 is 1.85 bits per heavy atom. The second kappa shape index (κ2) is 7.67. The molecule has 2 aliphatic heterocycles. The van der Waals surface area contributed by atoms with Crippen molar-refractivity contribution < 1.29 is 18.7 Å². The number of amides is 1. The number of carbonyl (C=O) groups is 1. The van der Waals surface area contributed by atoms with E-state index in [-0.39, 0.29) is 37.4 Å². The number of aliphatic hydroxyl groups is 1. The van der Waals surface area contributed by atoms with E-state index in [0.29, 0.717) is 44.6 Å². The number of halogens is 2. The van der Waals surface area contributed by atoms with E-state index in [4.69, 9.17) is 0 Å². The smallest absolute Gasteiger partial charge is 0.260 e. The van der Waals surface area contributed by atoms with Gasteiger partial charge in [0.2, 0.25) is 0 Å². The average molecular weight is 383 g/mol. The summed E-state index contributed by atoms with van der Waals surface area (Å²) in [5.74, 6) is -2.94. The second-order valence-corrected chi connectivity index (χ2v) is 7.89. The molecule has 0 aliphatic carbocycles. The normalized spacial score (nSPS) is 26.6. The van der Waals surface area contributed by atoms with Gasteiger partial charge in [-0.1, -0.05) is 0 Å². The fraction of sp³-hybridized carbons (Fsp3) is 0.684. The summed E-state index contributed by atoms with van der Waals surface area (Å²) in [6, 6.07) is 3.22. The zero-order chi connectivity index (χ0) is 19.7. The molecule has 0 radical (unpaired) electrons. The van der Waals surface area contributed by atoms with E-state index in [9.17, 15) is 23.5 Å². The van der Waals surface area contributed by atoms with Gasteiger partial charge in [-0.3, -0.25) is 9.59 Å². The average Bonchev–Trinajstić information content (AvgIpc) is 2.78. The van der Waals surface area contributed by atoms with Crippen LogP contribution in [0.1, 0.15) is 48.2 Å². The van der Waals surface area contributed by atoms with E-state index in [1.54, 1.807) is 17.9 Å². The van der Waals surface area contributed by atoms with Crippen molar-refractivity contribution in [1.29, 1.82) is 0 Å². The van der Waals surface area contributed by atoms with Crippen LogP contribution in [0, 0.1) is 6.92 Å². The molecule has 2 aliphatic rings. The van der Waals surface area contributed by atoms with Crippen LogP contribution in [0.5, 0.6) is 0 Å². The Hall–Kier alpha value is -1.80. The minimum Gasteiger partial charge on any atom is -0.388 e. The van der Waals surface area contributed by atoms with Crippen LogP contribution in [-0.2, 0) is 0 Å². The third-order valence-electron chi connectivity index (χ3n) is 5.60. The number of aryl methyl sites for hydroxylation is 1. The Morgan fingerprint density at radius 1 is 1.15 bits per heavy atom. The topological polar surface area (TPSA) is 76.6 Å². The van der Waals surface area contributed by atoms with Crippen LogP contribution in [0.4, 0.5) is 8.78 Å². The molecular weight excluding hydrogens is 356 g/mol. The lowest BCUT2D eigenvalue weighted by Gasteiger charge is -2.37. The number of rotatable bonds is 3. The maximum absolute atomic E-state index is 13.3. The van der Waals surface area contributed by atoms with E-state index in [0.717, 1.165) is 0 Å². The molecule has 150 valence electrons. The van der Waals surface area contributed by atoms with Gasteiger partial charge in [0, 0.05) is 51.3 Å². The summed E-state index contributed by atoms with van der Waals surface area (Å²) in [7, 11) is 0. The standard InChI is InChI=1S/C19H27F2N3O3/c1-14-3-4-15(16(25)22-14)17(26)24-9-2-5-18(27,6-12-24)13-23-10-7-19(20,21)8-11-23/h3-4,27H,2,5-13H2,1H3,(H,22,25). The van der Waals surface area contributed by atoms with Crippen LogP contribution in [0.2, 0.25) is 0 Å². The number of aromatic amines is 1. The molecule has 1 unspecified atom stereocenters. The summed E-state index contributed by atoms with van der Waals surface area (Å²) >= 11 is 0. The van der Waals surface area contributed by atoms with Crippen LogP contribution in [0.25, 0.3) is 0 Å². The largest absolute Gasteiger partial charge is 0.388 e. The van der Waals surface area contributed by atoms with Crippen molar-refractivity contribution in [3.05, 3.63) is 33.7 Å². The van der Waals surface area contributed by atoms with Crippen molar-refractivity contribution >= 4 is 5.91 Å². The molecule has 1 atom stereocenters. The Morgan fingerprint density at radius 3 is 2.52 bits per heavy atom. The van der Waals surface area contributed by atoms with Crippen LogP contribution in [-0.4, -0.2) is 70.0 Å². The molecule has 8 heteroatoms. The van der Waals surface area contributed by atoms with Crippen molar-refractivity contribution in [2.75, 3.05) is 32.7 Å².